The molecular weight excluding hydrogens is 290 g/mol. The van der Waals surface area contributed by atoms with Crippen LogP contribution in [0.4, 0.5) is 5.69 Å². The van der Waals surface area contributed by atoms with Crippen molar-refractivity contribution in [3.63, 3.8) is 0 Å². The second-order valence-corrected chi connectivity index (χ2v) is 5.30. The molecule has 5 nitrogen and oxygen atoms in total. The molecule has 0 radical (unpaired) electrons. The van der Waals surface area contributed by atoms with Gasteiger partial charge in [-0.3, -0.25) is 9.48 Å². The number of aliphatic carboxylic acids is 1. The predicted octanol–water partition coefficient (Wildman–Crippen LogP) is 3.01. The van der Waals surface area contributed by atoms with Crippen LogP contribution in [0.1, 0.15) is 23.4 Å². The van der Waals surface area contributed by atoms with E-state index >= 15 is 0 Å². The highest BCUT2D eigenvalue weighted by atomic mass is 35.5. The molecule has 0 saturated heterocycles. The van der Waals surface area contributed by atoms with E-state index in [4.69, 9.17) is 16.7 Å². The summed E-state index contributed by atoms with van der Waals surface area (Å²) in [6.45, 7) is 2.45. The predicted molar refractivity (Wildman–Crippen MR) is 82.7 cm³/mol. The zero-order valence-electron chi connectivity index (χ0n) is 12.1. The van der Waals surface area contributed by atoms with Gasteiger partial charge in [-0.2, -0.15) is 5.10 Å². The molecule has 0 aliphatic carbocycles. The van der Waals surface area contributed by atoms with Crippen LogP contribution in [0.15, 0.2) is 24.3 Å². The van der Waals surface area contributed by atoms with Gasteiger partial charge < -0.3 is 10.4 Å². The van der Waals surface area contributed by atoms with Gasteiger partial charge in [0.05, 0.1) is 17.3 Å². The van der Waals surface area contributed by atoms with Crippen molar-refractivity contribution in [2.45, 2.75) is 26.3 Å². The number of rotatable bonds is 6. The Morgan fingerprint density at radius 3 is 2.86 bits per heavy atom. The first-order valence-electron chi connectivity index (χ1n) is 6.70. The summed E-state index contributed by atoms with van der Waals surface area (Å²) in [4.78, 5) is 10.6. The van der Waals surface area contributed by atoms with E-state index in [1.54, 1.807) is 4.68 Å². The molecule has 6 heteroatoms. The number of aromatic nitrogens is 2. The van der Waals surface area contributed by atoms with Crippen molar-refractivity contribution in [1.29, 1.82) is 0 Å². The molecule has 2 N–H and O–H groups in total. The maximum Gasteiger partial charge on any atom is 0.303 e. The third-order valence-corrected chi connectivity index (χ3v) is 3.83. The third kappa shape index (κ3) is 3.98. The second-order valence-electron chi connectivity index (χ2n) is 4.92. The Morgan fingerprint density at radius 1 is 1.48 bits per heavy atom. The van der Waals surface area contributed by atoms with Crippen LogP contribution >= 0.6 is 11.6 Å². The van der Waals surface area contributed by atoms with Gasteiger partial charge in [0.2, 0.25) is 0 Å². The van der Waals surface area contributed by atoms with Gasteiger partial charge in [-0.05, 0) is 31.0 Å². The second kappa shape index (κ2) is 6.63. The molecule has 21 heavy (non-hydrogen) atoms. The number of nitrogens with one attached hydrogen (secondary N) is 1. The van der Waals surface area contributed by atoms with Gasteiger partial charge in [-0.25, -0.2) is 0 Å². The van der Waals surface area contributed by atoms with E-state index in [1.807, 2.05) is 38.2 Å². The molecule has 112 valence electrons. The summed E-state index contributed by atoms with van der Waals surface area (Å²) in [5, 5.41) is 17.0. The van der Waals surface area contributed by atoms with Crippen molar-refractivity contribution in [3.05, 3.63) is 46.2 Å². The number of aryl methyl sites for hydroxylation is 2. The Hall–Kier alpha value is -2.01. The number of hydrogen-bond donors (Lipinski definition) is 2. The Labute approximate surface area is 128 Å². The monoisotopic (exact) mass is 307 g/mol. The zero-order chi connectivity index (χ0) is 15.4. The highest BCUT2D eigenvalue weighted by Gasteiger charge is 2.10. The number of carboxylic acids is 1. The number of halogens is 1. The minimum Gasteiger partial charge on any atom is -0.481 e. The van der Waals surface area contributed by atoms with Crippen molar-refractivity contribution in [1.82, 2.24) is 9.78 Å². The van der Waals surface area contributed by atoms with Crippen molar-refractivity contribution < 1.29 is 9.90 Å². The van der Waals surface area contributed by atoms with E-state index in [-0.39, 0.29) is 6.42 Å². The number of hydrogen-bond acceptors (Lipinski definition) is 3. The van der Waals surface area contributed by atoms with Gasteiger partial charge >= 0.3 is 5.97 Å². The number of anilines is 1. The molecule has 0 amide bonds. The summed E-state index contributed by atoms with van der Waals surface area (Å²) in [5.74, 6) is -0.788. The van der Waals surface area contributed by atoms with Crippen LogP contribution in [0.25, 0.3) is 0 Å². The topological polar surface area (TPSA) is 67.2 Å². The first-order valence-corrected chi connectivity index (χ1v) is 7.07. The molecule has 0 saturated carbocycles. The summed E-state index contributed by atoms with van der Waals surface area (Å²) < 4.78 is 1.75. The van der Waals surface area contributed by atoms with E-state index in [9.17, 15) is 4.79 Å². The normalized spacial score (nSPS) is 10.6. The van der Waals surface area contributed by atoms with E-state index in [1.165, 1.54) is 0 Å². The summed E-state index contributed by atoms with van der Waals surface area (Å²) in [5.41, 5.74) is 3.65. The van der Waals surface area contributed by atoms with Gasteiger partial charge in [0.25, 0.3) is 0 Å². The van der Waals surface area contributed by atoms with E-state index < -0.39 is 5.97 Å². The highest BCUT2D eigenvalue weighted by Crippen LogP contribution is 2.20. The van der Waals surface area contributed by atoms with Crippen molar-refractivity contribution in [2.24, 2.45) is 7.05 Å². The summed E-state index contributed by atoms with van der Waals surface area (Å²) in [6.07, 6.45) is 0.656. The van der Waals surface area contributed by atoms with Crippen LogP contribution in [0.2, 0.25) is 5.02 Å². The summed E-state index contributed by atoms with van der Waals surface area (Å²) >= 11 is 6.21. The number of carbonyl (C=O) groups is 1. The lowest BCUT2D eigenvalue weighted by atomic mass is 10.1. The van der Waals surface area contributed by atoms with Gasteiger partial charge in [-0.15, -0.1) is 0 Å². The highest BCUT2D eigenvalue weighted by molar-refractivity contribution is 6.31. The van der Waals surface area contributed by atoms with Crippen LogP contribution in [0.5, 0.6) is 0 Å². The molecule has 0 aliphatic heterocycles. The van der Waals surface area contributed by atoms with Crippen LogP contribution in [-0.2, 0) is 24.8 Å². The fourth-order valence-corrected chi connectivity index (χ4v) is 2.26. The molecule has 0 bridgehead atoms. The molecule has 0 fully saturated rings. The van der Waals surface area contributed by atoms with E-state index in [2.05, 4.69) is 10.4 Å². The Morgan fingerprint density at radius 2 is 2.24 bits per heavy atom. The third-order valence-electron chi connectivity index (χ3n) is 3.34. The van der Waals surface area contributed by atoms with Gasteiger partial charge in [0, 0.05) is 19.2 Å². The van der Waals surface area contributed by atoms with Crippen molar-refractivity contribution >= 4 is 23.3 Å². The molecule has 0 aliphatic rings. The summed E-state index contributed by atoms with van der Waals surface area (Å²) in [7, 11) is 1.86. The average Bonchev–Trinajstić information content (AvgIpc) is 2.71. The Balaban J connectivity index is 2.01. The first kappa shape index (κ1) is 15.4. The molecule has 0 unspecified atom stereocenters. The number of benzene rings is 1. The quantitative estimate of drug-likeness (QED) is 0.861. The number of nitrogens with zero attached hydrogens (tertiary/aromatic N) is 2. The standard InChI is InChI=1S/C15H18ClN3O2/c1-10-15(16)13(18-19(10)2)9-17-12-5-3-4-11(8-12)6-7-14(20)21/h3-5,8,17H,6-7,9H2,1-2H3,(H,20,21). The maximum absolute atomic E-state index is 10.6. The lowest BCUT2D eigenvalue weighted by molar-refractivity contribution is -0.136. The zero-order valence-corrected chi connectivity index (χ0v) is 12.8. The lowest BCUT2D eigenvalue weighted by Crippen LogP contribution is -2.02. The minimum absolute atomic E-state index is 0.134. The lowest BCUT2D eigenvalue weighted by Gasteiger charge is -2.07. The average molecular weight is 308 g/mol. The molecule has 1 aromatic heterocycles. The van der Waals surface area contributed by atoms with Gasteiger partial charge in [0.1, 0.15) is 5.69 Å². The first-order chi connectivity index (χ1) is 9.97. The van der Waals surface area contributed by atoms with Crippen LogP contribution < -0.4 is 5.32 Å². The fraction of sp³-hybridized carbons (Fsp3) is 0.333. The molecule has 0 atom stereocenters. The van der Waals surface area contributed by atoms with Crippen molar-refractivity contribution in [3.8, 4) is 0 Å². The smallest absolute Gasteiger partial charge is 0.303 e. The molecule has 2 aromatic rings. The largest absolute Gasteiger partial charge is 0.481 e. The van der Waals surface area contributed by atoms with E-state index in [0.717, 1.165) is 22.6 Å². The fourth-order valence-electron chi connectivity index (χ4n) is 2.04. The minimum atomic E-state index is -0.788. The Kier molecular flexibility index (Phi) is 4.85. The SMILES string of the molecule is Cc1c(Cl)c(CNc2cccc(CCC(=O)O)c2)nn1C. The molecule has 2 rings (SSSR count). The van der Waals surface area contributed by atoms with Gasteiger partial charge in [-0.1, -0.05) is 23.7 Å². The van der Waals surface area contributed by atoms with Gasteiger partial charge in [0.15, 0.2) is 0 Å². The Bertz CT molecular complexity index is 652. The summed E-state index contributed by atoms with van der Waals surface area (Å²) in [6, 6.07) is 7.72. The maximum atomic E-state index is 10.6. The van der Waals surface area contributed by atoms with Crippen LogP contribution in [0, 0.1) is 6.92 Å². The molecule has 1 heterocycles. The van der Waals surface area contributed by atoms with Crippen LogP contribution in [0.3, 0.4) is 0 Å². The number of carboxylic acid groups (broad SMARTS) is 1. The molecular formula is C15H18ClN3O2. The molecule has 1 aromatic carbocycles. The van der Waals surface area contributed by atoms with Crippen LogP contribution in [-0.4, -0.2) is 20.9 Å². The molecule has 0 spiro atoms. The van der Waals surface area contributed by atoms with Crippen molar-refractivity contribution in [2.75, 3.05) is 5.32 Å². The van der Waals surface area contributed by atoms with E-state index in [0.29, 0.717) is 18.0 Å².